The maximum Gasteiger partial charge on any atom is 0.222 e. The molecular weight excluding hydrogens is 432 g/mol. The maximum absolute atomic E-state index is 6.10. The van der Waals surface area contributed by atoms with Crippen molar-refractivity contribution in [1.82, 2.24) is 19.7 Å². The lowest BCUT2D eigenvalue weighted by Gasteiger charge is -2.16. The molecule has 0 spiro atoms. The number of anilines is 2. The van der Waals surface area contributed by atoms with Crippen molar-refractivity contribution in [2.75, 3.05) is 11.1 Å². The second-order valence-electron chi connectivity index (χ2n) is 8.56. The second-order valence-corrected chi connectivity index (χ2v) is 9.00. The monoisotopic (exact) mass is 460 g/mol. The molecule has 0 aliphatic heterocycles. The largest absolute Gasteiger partial charge is 0.368 e. The Hall–Kier alpha value is -3.38. The van der Waals surface area contributed by atoms with Crippen LogP contribution in [0.15, 0.2) is 66.7 Å². The normalized spacial score (nSPS) is 12.2. The summed E-state index contributed by atoms with van der Waals surface area (Å²) in [6, 6.07) is 22.3. The second kappa shape index (κ2) is 10.0. The van der Waals surface area contributed by atoms with Crippen molar-refractivity contribution < 1.29 is 0 Å². The molecule has 4 aromatic rings. The van der Waals surface area contributed by atoms with E-state index in [1.54, 1.807) is 0 Å². The van der Waals surface area contributed by atoms with Crippen LogP contribution in [-0.4, -0.2) is 25.8 Å². The molecule has 2 heterocycles. The number of nitrogens with one attached hydrogen (secondary N) is 1. The number of nitrogens with zero attached hydrogens (tertiary/aromatic N) is 4. The van der Waals surface area contributed by atoms with Crippen LogP contribution in [0.2, 0.25) is 5.02 Å². The fraction of sp³-hybridized carbons (Fsp3) is 0.269. The summed E-state index contributed by atoms with van der Waals surface area (Å²) in [5.41, 5.74) is 10.9. The lowest BCUT2D eigenvalue weighted by atomic mass is 10.1. The Morgan fingerprint density at radius 2 is 1.70 bits per heavy atom. The van der Waals surface area contributed by atoms with E-state index in [0.717, 1.165) is 35.6 Å². The van der Waals surface area contributed by atoms with Crippen molar-refractivity contribution in [2.24, 2.45) is 0 Å². The Bertz CT molecular complexity index is 1200. The Kier molecular flexibility index (Phi) is 6.94. The molecule has 1 atom stereocenters. The maximum atomic E-state index is 6.10. The van der Waals surface area contributed by atoms with Crippen LogP contribution in [0.5, 0.6) is 0 Å². The third-order valence-corrected chi connectivity index (χ3v) is 5.75. The van der Waals surface area contributed by atoms with Crippen LogP contribution in [0.3, 0.4) is 0 Å². The molecule has 0 unspecified atom stereocenters. The van der Waals surface area contributed by atoms with Gasteiger partial charge in [0.1, 0.15) is 5.82 Å². The summed E-state index contributed by atoms with van der Waals surface area (Å²) in [6.45, 7) is 6.39. The van der Waals surface area contributed by atoms with Crippen LogP contribution in [0.4, 0.5) is 11.8 Å². The molecule has 170 valence electrons. The first kappa shape index (κ1) is 22.8. The molecular formula is C26H29ClN6. The number of aromatic nitrogens is 4. The summed E-state index contributed by atoms with van der Waals surface area (Å²) < 4.78 is 1.88. The lowest BCUT2D eigenvalue weighted by Crippen LogP contribution is -2.17. The highest BCUT2D eigenvalue weighted by Gasteiger charge is 2.17. The van der Waals surface area contributed by atoms with Crippen molar-refractivity contribution in [3.63, 3.8) is 0 Å². The fourth-order valence-electron chi connectivity index (χ4n) is 3.67. The average molecular weight is 461 g/mol. The summed E-state index contributed by atoms with van der Waals surface area (Å²) in [6.07, 6.45) is 1.97. The number of rotatable bonds is 8. The summed E-state index contributed by atoms with van der Waals surface area (Å²) in [5.74, 6) is 1.19. The molecule has 6 nitrogen and oxygen atoms in total. The van der Waals surface area contributed by atoms with Gasteiger partial charge in [-0.3, -0.25) is 0 Å². The molecule has 0 saturated carbocycles. The highest BCUT2D eigenvalue weighted by Crippen LogP contribution is 2.28. The van der Waals surface area contributed by atoms with Gasteiger partial charge < -0.3 is 11.1 Å². The average Bonchev–Trinajstić information content (AvgIpc) is 3.24. The molecule has 0 fully saturated rings. The van der Waals surface area contributed by atoms with Crippen molar-refractivity contribution >= 4 is 23.4 Å². The van der Waals surface area contributed by atoms with Crippen LogP contribution in [-0.2, 0) is 6.42 Å². The van der Waals surface area contributed by atoms with E-state index in [2.05, 4.69) is 66.4 Å². The quantitative estimate of drug-likeness (QED) is 0.331. The van der Waals surface area contributed by atoms with Gasteiger partial charge in [0.15, 0.2) is 0 Å². The van der Waals surface area contributed by atoms with Gasteiger partial charge in [-0.15, -0.1) is 0 Å². The Morgan fingerprint density at radius 1 is 0.970 bits per heavy atom. The Morgan fingerprint density at radius 3 is 2.39 bits per heavy atom. The smallest absolute Gasteiger partial charge is 0.222 e. The lowest BCUT2D eigenvalue weighted by molar-refractivity contribution is 0.703. The van der Waals surface area contributed by atoms with Crippen LogP contribution in [0, 0.1) is 0 Å². The first-order valence-corrected chi connectivity index (χ1v) is 11.6. The van der Waals surface area contributed by atoms with Crippen LogP contribution < -0.4 is 11.1 Å². The third-order valence-electron chi connectivity index (χ3n) is 5.50. The Balaban J connectivity index is 1.61. The highest BCUT2D eigenvalue weighted by molar-refractivity contribution is 6.30. The van der Waals surface area contributed by atoms with E-state index in [9.17, 15) is 0 Å². The number of hydrogen-bond acceptors (Lipinski definition) is 5. The summed E-state index contributed by atoms with van der Waals surface area (Å²) in [5, 5.41) is 8.98. The molecule has 0 radical (unpaired) electrons. The number of hydrogen-bond donors (Lipinski definition) is 2. The number of nitrogens with two attached hydrogens (primary N) is 1. The predicted molar refractivity (Wildman–Crippen MR) is 136 cm³/mol. The Labute approximate surface area is 199 Å². The van der Waals surface area contributed by atoms with Crippen molar-refractivity contribution in [2.45, 2.75) is 45.6 Å². The molecule has 7 heteroatoms. The molecule has 0 bridgehead atoms. The third kappa shape index (κ3) is 5.71. The zero-order valence-corrected chi connectivity index (χ0v) is 19.9. The zero-order chi connectivity index (χ0) is 23.4. The first-order chi connectivity index (χ1) is 15.9. The van der Waals surface area contributed by atoms with E-state index in [1.165, 1.54) is 5.56 Å². The van der Waals surface area contributed by atoms with Gasteiger partial charge in [-0.1, -0.05) is 55.8 Å². The number of aryl methyl sites for hydroxylation is 1. The molecule has 0 aliphatic carbocycles. The minimum absolute atomic E-state index is 0.222. The van der Waals surface area contributed by atoms with Gasteiger partial charge in [0, 0.05) is 17.1 Å². The van der Waals surface area contributed by atoms with Crippen LogP contribution in [0.25, 0.3) is 17.1 Å². The van der Waals surface area contributed by atoms with Crippen LogP contribution in [0.1, 0.15) is 44.4 Å². The van der Waals surface area contributed by atoms with Crippen molar-refractivity contribution in [3.05, 3.63) is 83.0 Å². The summed E-state index contributed by atoms with van der Waals surface area (Å²) in [4.78, 5) is 8.94. The van der Waals surface area contributed by atoms with Gasteiger partial charge in [0.2, 0.25) is 5.95 Å². The number of benzene rings is 2. The molecule has 2 aromatic heterocycles. The minimum atomic E-state index is 0.222. The van der Waals surface area contributed by atoms with Gasteiger partial charge in [0.05, 0.1) is 22.8 Å². The first-order valence-electron chi connectivity index (χ1n) is 11.2. The topological polar surface area (TPSA) is 81.6 Å². The SMILES string of the molecule is CC(C)c1cc(-c2cc(N[C@@H](C)CCc3ccccc3)nc(N)n2)n(-c2ccc(Cl)cc2)n1. The van der Waals surface area contributed by atoms with Crippen molar-refractivity contribution in [3.8, 4) is 17.1 Å². The van der Waals surface area contributed by atoms with Gasteiger partial charge >= 0.3 is 0 Å². The van der Waals surface area contributed by atoms with E-state index >= 15 is 0 Å². The fourth-order valence-corrected chi connectivity index (χ4v) is 3.79. The molecule has 2 aromatic carbocycles. The molecule has 4 rings (SSSR count). The number of nitrogen functional groups attached to an aromatic ring is 1. The van der Waals surface area contributed by atoms with E-state index < -0.39 is 0 Å². The standard InChI is InChI=1S/C26H29ClN6/c1-17(2)22-15-24(33(32-22)21-13-11-20(27)12-14-21)23-16-25(31-26(28)30-23)29-18(3)9-10-19-7-5-4-6-8-19/h4-8,11-18H,9-10H2,1-3H3,(H3,28,29,30,31)/t18-/m0/s1. The van der Waals surface area contributed by atoms with E-state index in [1.807, 2.05) is 41.1 Å². The number of halogens is 1. The highest BCUT2D eigenvalue weighted by atomic mass is 35.5. The predicted octanol–water partition coefficient (Wildman–Crippen LogP) is 6.12. The van der Waals surface area contributed by atoms with Crippen molar-refractivity contribution in [1.29, 1.82) is 0 Å². The summed E-state index contributed by atoms with van der Waals surface area (Å²) >= 11 is 6.09. The minimum Gasteiger partial charge on any atom is -0.368 e. The van der Waals surface area contributed by atoms with Gasteiger partial charge in [-0.05, 0) is 61.6 Å². The van der Waals surface area contributed by atoms with E-state index in [0.29, 0.717) is 10.8 Å². The van der Waals surface area contributed by atoms with E-state index in [-0.39, 0.29) is 17.9 Å². The van der Waals surface area contributed by atoms with E-state index in [4.69, 9.17) is 22.4 Å². The molecule has 0 amide bonds. The van der Waals surface area contributed by atoms with Gasteiger partial charge in [-0.25, -0.2) is 9.67 Å². The molecule has 33 heavy (non-hydrogen) atoms. The van der Waals surface area contributed by atoms with Crippen LogP contribution >= 0.6 is 11.6 Å². The van der Waals surface area contributed by atoms with Gasteiger partial charge in [0.25, 0.3) is 0 Å². The molecule has 3 N–H and O–H groups in total. The molecule has 0 aliphatic rings. The molecule has 0 saturated heterocycles. The summed E-state index contributed by atoms with van der Waals surface area (Å²) in [7, 11) is 0. The zero-order valence-electron chi connectivity index (χ0n) is 19.2. The van der Waals surface area contributed by atoms with Gasteiger partial charge in [-0.2, -0.15) is 10.1 Å².